The third-order valence-corrected chi connectivity index (χ3v) is 7.83. The average molecular weight is 572 g/mol. The van der Waals surface area contributed by atoms with Gasteiger partial charge in [0.15, 0.2) is 0 Å². The van der Waals surface area contributed by atoms with E-state index >= 15 is 0 Å². The Morgan fingerprint density at radius 2 is 1.57 bits per heavy atom. The first-order valence-electron chi connectivity index (χ1n) is 10.8. The van der Waals surface area contributed by atoms with Crippen molar-refractivity contribution in [2.75, 3.05) is 10.0 Å². The number of benzene rings is 4. The molecule has 0 fully saturated rings. The Morgan fingerprint density at radius 1 is 0.811 bits per heavy atom. The quantitative estimate of drug-likeness (QED) is 0.200. The molecule has 11 heteroatoms. The van der Waals surface area contributed by atoms with E-state index in [1.54, 1.807) is 24.3 Å². The summed E-state index contributed by atoms with van der Waals surface area (Å²) in [5.41, 5.74) is 3.27. The zero-order chi connectivity index (χ0) is 26.2. The van der Waals surface area contributed by atoms with Crippen molar-refractivity contribution in [2.24, 2.45) is 0 Å². The SMILES string of the molecule is O=C(Nc1ccc(-c2nc3ccccc3[nH]2)cc1)c1cc(S(=O)(=O)Nc2cccc(Cl)c2)c(Cl)cc1Cl. The van der Waals surface area contributed by atoms with Crippen LogP contribution in [0.3, 0.4) is 0 Å². The van der Waals surface area contributed by atoms with Gasteiger partial charge in [0.05, 0.1) is 32.3 Å². The van der Waals surface area contributed by atoms with Crippen molar-refractivity contribution in [3.63, 3.8) is 0 Å². The Morgan fingerprint density at radius 3 is 2.30 bits per heavy atom. The number of carbonyl (C=O) groups excluding carboxylic acids is 1. The van der Waals surface area contributed by atoms with Crippen molar-refractivity contribution in [3.8, 4) is 11.4 Å². The molecule has 1 heterocycles. The molecule has 0 aliphatic carbocycles. The molecule has 1 amide bonds. The van der Waals surface area contributed by atoms with Gasteiger partial charge in [0, 0.05) is 16.3 Å². The Hall–Kier alpha value is -3.56. The van der Waals surface area contributed by atoms with Crippen LogP contribution in [0.5, 0.6) is 0 Å². The van der Waals surface area contributed by atoms with Gasteiger partial charge in [-0.1, -0.05) is 53.0 Å². The lowest BCUT2D eigenvalue weighted by molar-refractivity contribution is 0.102. The standard InChI is InChI=1S/C26H17Cl3N4O3S/c27-16-4-3-5-18(12-16)33-37(35,36)24-13-19(20(28)14-21(24)29)26(34)30-17-10-8-15(9-11-17)25-31-22-6-1-2-7-23(22)32-25/h1-14,33H,(H,30,34)(H,31,32). The second-order valence-electron chi connectivity index (χ2n) is 8.01. The van der Waals surface area contributed by atoms with Crippen LogP contribution >= 0.6 is 34.8 Å². The molecule has 37 heavy (non-hydrogen) atoms. The first kappa shape index (κ1) is 25.1. The fraction of sp³-hybridized carbons (Fsp3) is 0. The van der Waals surface area contributed by atoms with Crippen molar-refractivity contribution in [3.05, 3.63) is 106 Å². The van der Waals surface area contributed by atoms with Crippen LogP contribution in [0.1, 0.15) is 10.4 Å². The topological polar surface area (TPSA) is 104 Å². The molecule has 0 aliphatic rings. The molecule has 0 bridgehead atoms. The zero-order valence-corrected chi connectivity index (χ0v) is 21.9. The predicted octanol–water partition coefficient (Wildman–Crippen LogP) is 7.24. The summed E-state index contributed by atoms with van der Waals surface area (Å²) in [5, 5.41) is 2.96. The summed E-state index contributed by atoms with van der Waals surface area (Å²) in [7, 11) is -4.14. The predicted molar refractivity (Wildman–Crippen MR) is 148 cm³/mol. The van der Waals surface area contributed by atoms with Gasteiger partial charge in [-0.2, -0.15) is 0 Å². The molecule has 0 saturated heterocycles. The van der Waals surface area contributed by atoms with Crippen molar-refractivity contribution < 1.29 is 13.2 Å². The maximum Gasteiger partial charge on any atom is 0.263 e. The number of H-pyrrole nitrogens is 1. The number of amides is 1. The molecule has 0 radical (unpaired) electrons. The van der Waals surface area contributed by atoms with E-state index in [0.29, 0.717) is 16.5 Å². The number of hydrogen-bond donors (Lipinski definition) is 3. The number of nitrogens with zero attached hydrogens (tertiary/aromatic N) is 1. The van der Waals surface area contributed by atoms with E-state index in [1.165, 1.54) is 18.2 Å². The molecule has 0 spiro atoms. The van der Waals surface area contributed by atoms with Crippen molar-refractivity contribution in [2.45, 2.75) is 4.90 Å². The number of carbonyl (C=O) groups is 1. The molecule has 3 N–H and O–H groups in total. The number of para-hydroxylation sites is 2. The Balaban J connectivity index is 1.38. The number of hydrogen-bond acceptors (Lipinski definition) is 4. The smallest absolute Gasteiger partial charge is 0.263 e. The van der Waals surface area contributed by atoms with E-state index in [-0.39, 0.29) is 26.2 Å². The fourth-order valence-corrected chi connectivity index (χ4v) is 5.77. The van der Waals surface area contributed by atoms with Gasteiger partial charge in [0.1, 0.15) is 10.7 Å². The number of halogens is 3. The van der Waals surface area contributed by atoms with E-state index in [4.69, 9.17) is 34.8 Å². The molecule has 0 aliphatic heterocycles. The first-order valence-corrected chi connectivity index (χ1v) is 13.5. The lowest BCUT2D eigenvalue weighted by Gasteiger charge is -2.13. The fourth-order valence-electron chi connectivity index (χ4n) is 3.67. The van der Waals surface area contributed by atoms with E-state index in [0.717, 1.165) is 22.7 Å². The monoisotopic (exact) mass is 570 g/mol. The molecule has 186 valence electrons. The van der Waals surface area contributed by atoms with Crippen LogP contribution in [0.4, 0.5) is 11.4 Å². The van der Waals surface area contributed by atoms with E-state index in [9.17, 15) is 13.2 Å². The lowest BCUT2D eigenvalue weighted by atomic mass is 10.1. The van der Waals surface area contributed by atoms with Gasteiger partial charge in [0.2, 0.25) is 0 Å². The number of aromatic amines is 1. The maximum absolute atomic E-state index is 13.0. The lowest BCUT2D eigenvalue weighted by Crippen LogP contribution is -2.17. The van der Waals surface area contributed by atoms with Crippen LogP contribution in [0.25, 0.3) is 22.4 Å². The Kier molecular flexibility index (Phi) is 6.83. The summed E-state index contributed by atoms with van der Waals surface area (Å²) in [4.78, 5) is 20.5. The zero-order valence-electron chi connectivity index (χ0n) is 18.8. The summed E-state index contributed by atoms with van der Waals surface area (Å²) >= 11 is 18.4. The van der Waals surface area contributed by atoms with Gasteiger partial charge >= 0.3 is 0 Å². The largest absolute Gasteiger partial charge is 0.338 e. The van der Waals surface area contributed by atoms with E-state index in [2.05, 4.69) is 20.0 Å². The summed E-state index contributed by atoms with van der Waals surface area (Å²) in [6.07, 6.45) is 0. The van der Waals surface area contributed by atoms with Gasteiger partial charge in [-0.3, -0.25) is 9.52 Å². The normalized spacial score (nSPS) is 11.4. The van der Waals surface area contributed by atoms with Crippen LogP contribution in [-0.2, 0) is 10.0 Å². The van der Waals surface area contributed by atoms with Crippen molar-refractivity contribution in [1.29, 1.82) is 0 Å². The summed E-state index contributed by atoms with van der Waals surface area (Å²) in [6, 6.07) is 23.3. The molecule has 0 saturated carbocycles. The maximum atomic E-state index is 13.0. The summed E-state index contributed by atoms with van der Waals surface area (Å²) in [6.45, 7) is 0. The molecule has 0 atom stereocenters. The molecular weight excluding hydrogens is 555 g/mol. The number of imidazole rings is 1. The number of sulfonamides is 1. The first-order chi connectivity index (χ1) is 17.7. The minimum atomic E-state index is -4.14. The molecule has 0 unspecified atom stereocenters. The van der Waals surface area contributed by atoms with Crippen molar-refractivity contribution >= 4 is 73.1 Å². The number of rotatable bonds is 6. The number of anilines is 2. The van der Waals surface area contributed by atoms with Crippen LogP contribution in [0.2, 0.25) is 15.1 Å². The van der Waals surface area contributed by atoms with Crippen LogP contribution < -0.4 is 10.0 Å². The minimum absolute atomic E-state index is 0.00287. The number of aromatic nitrogens is 2. The van der Waals surface area contributed by atoms with Crippen LogP contribution in [-0.4, -0.2) is 24.3 Å². The minimum Gasteiger partial charge on any atom is -0.338 e. The van der Waals surface area contributed by atoms with Gasteiger partial charge in [-0.15, -0.1) is 0 Å². The summed E-state index contributed by atoms with van der Waals surface area (Å²) in [5.74, 6) is 0.0965. The number of nitrogens with one attached hydrogen (secondary N) is 3. The third kappa shape index (κ3) is 5.42. The Labute approximate surface area is 227 Å². The highest BCUT2D eigenvalue weighted by Crippen LogP contribution is 2.31. The van der Waals surface area contributed by atoms with Crippen LogP contribution in [0, 0.1) is 0 Å². The third-order valence-electron chi connectivity index (χ3n) is 5.44. The molecule has 7 nitrogen and oxygen atoms in total. The average Bonchev–Trinajstić information content (AvgIpc) is 3.28. The second-order valence-corrected chi connectivity index (χ2v) is 10.9. The highest BCUT2D eigenvalue weighted by Gasteiger charge is 2.23. The molecule has 5 aromatic rings. The van der Waals surface area contributed by atoms with Gasteiger partial charge in [-0.05, 0) is 66.7 Å². The molecule has 5 rings (SSSR count). The van der Waals surface area contributed by atoms with E-state index in [1.807, 2.05) is 36.4 Å². The molecule has 4 aromatic carbocycles. The highest BCUT2D eigenvalue weighted by atomic mass is 35.5. The van der Waals surface area contributed by atoms with Crippen LogP contribution in [0.15, 0.2) is 89.8 Å². The van der Waals surface area contributed by atoms with Gasteiger partial charge in [-0.25, -0.2) is 13.4 Å². The van der Waals surface area contributed by atoms with Gasteiger partial charge < -0.3 is 10.3 Å². The number of fused-ring (bicyclic) bond motifs is 1. The molecular formula is C26H17Cl3N4O3S. The second kappa shape index (κ2) is 10.1. The van der Waals surface area contributed by atoms with E-state index < -0.39 is 15.9 Å². The highest BCUT2D eigenvalue weighted by molar-refractivity contribution is 7.92. The molecule has 1 aromatic heterocycles. The summed E-state index contributed by atoms with van der Waals surface area (Å²) < 4.78 is 28.4. The van der Waals surface area contributed by atoms with Crippen molar-refractivity contribution in [1.82, 2.24) is 9.97 Å². The van der Waals surface area contributed by atoms with Gasteiger partial charge in [0.25, 0.3) is 15.9 Å². The Bertz CT molecular complexity index is 1720.